The highest BCUT2D eigenvalue weighted by Crippen LogP contribution is 2.27. The molecule has 214 valence electrons. The first kappa shape index (κ1) is 31.2. The monoisotopic (exact) mass is 583 g/mol. The summed E-state index contributed by atoms with van der Waals surface area (Å²) in [6.45, 7) is 8.89. The smallest absolute Gasteiger partial charge is 0.244 e. The van der Waals surface area contributed by atoms with E-state index in [2.05, 4.69) is 5.32 Å². The lowest BCUT2D eigenvalue weighted by Crippen LogP contribution is -2.56. The fraction of sp³-hybridized carbons (Fsp3) is 0.355. The molecule has 1 atom stereocenters. The lowest BCUT2D eigenvalue weighted by molar-refractivity contribution is -0.140. The molecule has 1 N–H and O–H groups in total. The Morgan fingerprint density at radius 2 is 1.45 bits per heavy atom. The summed E-state index contributed by atoms with van der Waals surface area (Å²) in [7, 11) is -3.84. The first-order valence-corrected chi connectivity index (χ1v) is 15.3. The fourth-order valence-electron chi connectivity index (χ4n) is 4.57. The van der Waals surface area contributed by atoms with E-state index in [1.54, 1.807) is 24.3 Å². The van der Waals surface area contributed by atoms with Gasteiger partial charge in [-0.15, -0.1) is 0 Å². The first-order valence-electron chi connectivity index (χ1n) is 13.1. The molecule has 0 spiro atoms. The number of carbonyl (C=O) groups is 2. The summed E-state index contributed by atoms with van der Waals surface area (Å²) in [6, 6.07) is 21.1. The average molecular weight is 584 g/mol. The largest absolute Gasteiger partial charge is 0.350 e. The van der Waals surface area contributed by atoms with Crippen molar-refractivity contribution in [2.45, 2.75) is 59.2 Å². The molecule has 3 rings (SSSR count). The Bertz CT molecular complexity index is 1420. The highest BCUT2D eigenvalue weighted by Gasteiger charge is 2.34. The third-order valence-corrected chi connectivity index (χ3v) is 7.77. The van der Waals surface area contributed by atoms with Crippen molar-refractivity contribution < 1.29 is 18.0 Å². The maximum Gasteiger partial charge on any atom is 0.244 e. The van der Waals surface area contributed by atoms with Gasteiger partial charge in [0.15, 0.2) is 0 Å². The summed E-state index contributed by atoms with van der Waals surface area (Å²) in [5.41, 5.74) is 3.02. The zero-order valence-corrected chi connectivity index (χ0v) is 25.5. The van der Waals surface area contributed by atoms with Crippen molar-refractivity contribution in [1.82, 2.24) is 10.2 Å². The van der Waals surface area contributed by atoms with Crippen LogP contribution in [0.3, 0.4) is 0 Å². The number of hydrogen-bond acceptors (Lipinski definition) is 4. The van der Waals surface area contributed by atoms with Crippen molar-refractivity contribution in [3.8, 4) is 0 Å². The third-order valence-electron chi connectivity index (χ3n) is 6.40. The predicted octanol–water partition coefficient (Wildman–Crippen LogP) is 5.28. The van der Waals surface area contributed by atoms with Gasteiger partial charge >= 0.3 is 0 Å². The van der Waals surface area contributed by atoms with Crippen molar-refractivity contribution >= 4 is 39.1 Å². The van der Waals surface area contributed by atoms with E-state index < -0.39 is 34.1 Å². The van der Waals surface area contributed by atoms with Crippen LogP contribution in [0, 0.1) is 13.8 Å². The molecule has 0 aliphatic rings. The quantitative estimate of drug-likeness (QED) is 0.352. The second-order valence-electron chi connectivity index (χ2n) is 11.1. The van der Waals surface area contributed by atoms with Gasteiger partial charge in [-0.25, -0.2) is 8.42 Å². The van der Waals surface area contributed by atoms with Gasteiger partial charge < -0.3 is 10.2 Å². The molecule has 7 nitrogen and oxygen atoms in total. The van der Waals surface area contributed by atoms with Crippen LogP contribution in [-0.2, 0) is 32.6 Å². The molecule has 0 unspecified atom stereocenters. The summed E-state index contributed by atoms with van der Waals surface area (Å²) >= 11 is 6.10. The Labute approximate surface area is 243 Å². The molecule has 0 radical (unpaired) electrons. The van der Waals surface area contributed by atoms with Gasteiger partial charge in [0, 0.05) is 23.5 Å². The minimum atomic E-state index is -3.84. The van der Waals surface area contributed by atoms with E-state index in [4.69, 9.17) is 11.6 Å². The van der Waals surface area contributed by atoms with Crippen LogP contribution in [0.2, 0.25) is 5.02 Å². The second kappa shape index (κ2) is 12.9. The number of aryl methyl sites for hydroxylation is 2. The molecule has 3 aromatic rings. The van der Waals surface area contributed by atoms with Crippen molar-refractivity contribution in [3.05, 3.63) is 100 Å². The normalized spacial score (nSPS) is 12.5. The average Bonchev–Trinajstić information content (AvgIpc) is 2.85. The minimum absolute atomic E-state index is 0.0927. The van der Waals surface area contributed by atoms with E-state index in [-0.39, 0.29) is 18.9 Å². The number of hydrogen-bond donors (Lipinski definition) is 1. The molecule has 9 heteroatoms. The summed E-state index contributed by atoms with van der Waals surface area (Å²) in [5, 5.41) is 3.56. The summed E-state index contributed by atoms with van der Waals surface area (Å²) in [4.78, 5) is 29.4. The Morgan fingerprint density at radius 3 is 1.98 bits per heavy atom. The molecule has 0 aliphatic carbocycles. The summed E-state index contributed by atoms with van der Waals surface area (Å²) < 4.78 is 27.2. The van der Waals surface area contributed by atoms with E-state index in [1.165, 1.54) is 4.90 Å². The SMILES string of the molecule is Cc1cccc(C)c1N(CC(=O)N(Cc1ccc(Cl)cc1)[C@@H](Cc1ccccc1)C(=O)NC(C)(C)C)S(C)(=O)=O. The summed E-state index contributed by atoms with van der Waals surface area (Å²) in [5.74, 6) is -0.815. The van der Waals surface area contributed by atoms with Crippen molar-refractivity contribution in [3.63, 3.8) is 0 Å². The van der Waals surface area contributed by atoms with E-state index in [0.29, 0.717) is 10.7 Å². The van der Waals surface area contributed by atoms with Crippen LogP contribution in [0.25, 0.3) is 0 Å². The van der Waals surface area contributed by atoms with Crippen LogP contribution in [0.1, 0.15) is 43.0 Å². The van der Waals surface area contributed by atoms with Gasteiger partial charge in [0.2, 0.25) is 21.8 Å². The Balaban J connectivity index is 2.10. The van der Waals surface area contributed by atoms with Gasteiger partial charge in [-0.05, 0) is 69.0 Å². The van der Waals surface area contributed by atoms with Gasteiger partial charge in [-0.3, -0.25) is 13.9 Å². The summed E-state index contributed by atoms with van der Waals surface area (Å²) in [6.07, 6.45) is 1.34. The molecule has 0 fully saturated rings. The van der Waals surface area contributed by atoms with Crippen molar-refractivity contribution in [2.75, 3.05) is 17.1 Å². The topological polar surface area (TPSA) is 86.8 Å². The number of nitrogens with one attached hydrogen (secondary N) is 1. The number of sulfonamides is 1. The van der Waals surface area contributed by atoms with E-state index in [9.17, 15) is 18.0 Å². The van der Waals surface area contributed by atoms with Crippen LogP contribution in [0.5, 0.6) is 0 Å². The maximum absolute atomic E-state index is 14.2. The van der Waals surface area contributed by atoms with Gasteiger partial charge in [-0.2, -0.15) is 0 Å². The lowest BCUT2D eigenvalue weighted by atomic mass is 10.0. The highest BCUT2D eigenvalue weighted by atomic mass is 35.5. The van der Waals surface area contributed by atoms with Crippen molar-refractivity contribution in [2.24, 2.45) is 0 Å². The highest BCUT2D eigenvalue weighted by molar-refractivity contribution is 7.92. The molecule has 0 aromatic heterocycles. The molecule has 3 aromatic carbocycles. The first-order chi connectivity index (χ1) is 18.7. The predicted molar refractivity (Wildman–Crippen MR) is 162 cm³/mol. The third kappa shape index (κ3) is 8.57. The van der Waals surface area contributed by atoms with Gasteiger partial charge in [0.05, 0.1) is 11.9 Å². The second-order valence-corrected chi connectivity index (χ2v) is 13.4. The van der Waals surface area contributed by atoms with Crippen LogP contribution in [-0.4, -0.2) is 49.5 Å². The number of carbonyl (C=O) groups excluding carboxylic acids is 2. The Morgan fingerprint density at radius 1 is 0.875 bits per heavy atom. The zero-order valence-electron chi connectivity index (χ0n) is 23.9. The number of rotatable bonds is 10. The molecular formula is C31H38ClN3O4S. The van der Waals surface area contributed by atoms with Crippen molar-refractivity contribution in [1.29, 1.82) is 0 Å². The van der Waals surface area contributed by atoms with Gasteiger partial charge in [0.1, 0.15) is 12.6 Å². The number of halogens is 1. The standard InChI is InChI=1S/C31H38ClN3O4S/c1-22-11-10-12-23(2)29(22)35(40(6,38)39)21-28(36)34(20-25-15-17-26(32)18-16-25)27(30(37)33-31(3,4)5)19-24-13-8-7-9-14-24/h7-18,27H,19-21H2,1-6H3,(H,33,37)/t27-/m0/s1. The molecule has 40 heavy (non-hydrogen) atoms. The number of amides is 2. The molecule has 0 bridgehead atoms. The van der Waals surface area contributed by atoms with E-state index in [0.717, 1.165) is 32.8 Å². The number of benzene rings is 3. The lowest BCUT2D eigenvalue weighted by Gasteiger charge is -2.35. The van der Waals surface area contributed by atoms with Crippen LogP contribution in [0.4, 0.5) is 5.69 Å². The Hall–Kier alpha value is -3.36. The number of para-hydroxylation sites is 1. The molecule has 2 amide bonds. The molecular weight excluding hydrogens is 546 g/mol. The van der Waals surface area contributed by atoms with Gasteiger partial charge in [-0.1, -0.05) is 72.3 Å². The van der Waals surface area contributed by atoms with Crippen LogP contribution < -0.4 is 9.62 Å². The van der Waals surface area contributed by atoms with Crippen LogP contribution in [0.15, 0.2) is 72.8 Å². The molecule has 0 saturated heterocycles. The number of nitrogens with zero attached hydrogens (tertiary/aromatic N) is 2. The van der Waals surface area contributed by atoms with Crippen LogP contribution >= 0.6 is 11.6 Å². The minimum Gasteiger partial charge on any atom is -0.350 e. The van der Waals surface area contributed by atoms with E-state index in [1.807, 2.05) is 83.1 Å². The van der Waals surface area contributed by atoms with Gasteiger partial charge in [0.25, 0.3) is 0 Å². The maximum atomic E-state index is 14.2. The molecule has 0 heterocycles. The Kier molecular flexibility index (Phi) is 10.0. The molecule has 0 aliphatic heterocycles. The fourth-order valence-corrected chi connectivity index (χ4v) is 5.66. The number of anilines is 1. The zero-order chi connectivity index (χ0) is 29.7. The molecule has 0 saturated carbocycles. The van der Waals surface area contributed by atoms with E-state index >= 15 is 0 Å².